The SMILES string of the molecule is C=CCOC(=O)[C@@H]1[C@H]2C(=O)N([C@H](CO)c3ccccc3)C(C(=O)N(CC=C)Cn3nnc4ccccc43)C23CC[C@H]1S3. The Balaban J connectivity index is 1.43. The molecule has 3 aliphatic rings. The summed E-state index contributed by atoms with van der Waals surface area (Å²) in [5, 5.41) is 19.1. The maximum absolute atomic E-state index is 14.8. The van der Waals surface area contributed by atoms with E-state index in [-0.39, 0.29) is 43.5 Å². The van der Waals surface area contributed by atoms with Crippen LogP contribution < -0.4 is 0 Å². The van der Waals surface area contributed by atoms with Crippen molar-refractivity contribution in [3.8, 4) is 0 Å². The second kappa shape index (κ2) is 11.4. The molecule has 2 unspecified atom stereocenters. The van der Waals surface area contributed by atoms with Crippen LogP contribution >= 0.6 is 11.8 Å². The summed E-state index contributed by atoms with van der Waals surface area (Å²) >= 11 is 1.55. The van der Waals surface area contributed by atoms with E-state index in [1.165, 1.54) is 6.08 Å². The van der Waals surface area contributed by atoms with Gasteiger partial charge in [-0.25, -0.2) is 4.68 Å². The number of thioether (sulfide) groups is 1. The summed E-state index contributed by atoms with van der Waals surface area (Å²) in [4.78, 5) is 45.7. The van der Waals surface area contributed by atoms with Crippen LogP contribution in [0.3, 0.4) is 0 Å². The van der Waals surface area contributed by atoms with Crippen LogP contribution in [0.4, 0.5) is 0 Å². The molecule has 6 rings (SSSR count). The first-order valence-corrected chi connectivity index (χ1v) is 14.9. The van der Waals surface area contributed by atoms with Crippen molar-refractivity contribution in [2.45, 2.75) is 41.6 Å². The topological polar surface area (TPSA) is 118 Å². The Morgan fingerprint density at radius 1 is 1.17 bits per heavy atom. The second-order valence-electron chi connectivity index (χ2n) is 10.9. The number of para-hydroxylation sites is 1. The molecule has 1 aromatic heterocycles. The molecule has 2 aromatic carbocycles. The zero-order valence-corrected chi connectivity index (χ0v) is 23.9. The molecule has 3 aliphatic heterocycles. The number of aromatic nitrogens is 3. The van der Waals surface area contributed by atoms with Gasteiger partial charge in [0, 0.05) is 11.8 Å². The molecule has 0 saturated carbocycles. The number of aliphatic hydroxyl groups is 1. The molecule has 1 N–H and O–H groups in total. The molecule has 2 bridgehead atoms. The van der Waals surface area contributed by atoms with Crippen LogP contribution in [0.5, 0.6) is 0 Å². The van der Waals surface area contributed by atoms with E-state index in [9.17, 15) is 19.5 Å². The highest BCUT2D eigenvalue weighted by atomic mass is 32.2. The number of carbonyl (C=O) groups is 3. The van der Waals surface area contributed by atoms with Crippen LogP contribution in [0.2, 0.25) is 0 Å². The fourth-order valence-electron chi connectivity index (χ4n) is 6.97. The average molecular weight is 588 g/mol. The molecule has 0 aliphatic carbocycles. The van der Waals surface area contributed by atoms with Gasteiger partial charge < -0.3 is 19.6 Å². The summed E-state index contributed by atoms with van der Waals surface area (Å²) in [6.07, 6.45) is 4.42. The van der Waals surface area contributed by atoms with E-state index in [1.54, 1.807) is 32.3 Å². The normalized spacial score (nSPS) is 26.7. The summed E-state index contributed by atoms with van der Waals surface area (Å²) in [6.45, 7) is 7.49. The molecule has 0 radical (unpaired) electrons. The molecule has 11 heteroatoms. The number of carbonyl (C=O) groups excluding carboxylic acids is 3. The quantitative estimate of drug-likeness (QED) is 0.269. The minimum Gasteiger partial charge on any atom is -0.461 e. The van der Waals surface area contributed by atoms with Gasteiger partial charge in [-0.3, -0.25) is 14.4 Å². The van der Waals surface area contributed by atoms with Crippen molar-refractivity contribution in [1.82, 2.24) is 24.8 Å². The Labute approximate surface area is 248 Å². The number of fused-ring (bicyclic) bond motifs is 2. The minimum absolute atomic E-state index is 0.0506. The Hall–Kier alpha value is -3.96. The third kappa shape index (κ3) is 4.42. The van der Waals surface area contributed by atoms with Crippen LogP contribution in [-0.2, 0) is 25.8 Å². The third-order valence-electron chi connectivity index (χ3n) is 8.67. The lowest BCUT2D eigenvalue weighted by molar-refractivity contribution is -0.153. The smallest absolute Gasteiger partial charge is 0.311 e. The Kier molecular flexibility index (Phi) is 7.63. The van der Waals surface area contributed by atoms with Gasteiger partial charge in [-0.2, -0.15) is 0 Å². The van der Waals surface area contributed by atoms with Crippen molar-refractivity contribution in [1.29, 1.82) is 0 Å². The van der Waals surface area contributed by atoms with Gasteiger partial charge in [0.2, 0.25) is 11.8 Å². The lowest BCUT2D eigenvalue weighted by Gasteiger charge is -2.39. The summed E-state index contributed by atoms with van der Waals surface area (Å²) in [6, 6.07) is 15.0. The Morgan fingerprint density at radius 2 is 1.93 bits per heavy atom. The number of likely N-dealkylation sites (tertiary alicyclic amines) is 1. The number of ether oxygens (including phenoxy) is 1. The van der Waals surface area contributed by atoms with Crippen LogP contribution in [0, 0.1) is 11.8 Å². The minimum atomic E-state index is -0.922. The highest BCUT2D eigenvalue weighted by molar-refractivity contribution is 8.02. The van der Waals surface area contributed by atoms with Crippen LogP contribution in [0.25, 0.3) is 11.0 Å². The van der Waals surface area contributed by atoms with Crippen molar-refractivity contribution in [3.05, 3.63) is 85.5 Å². The van der Waals surface area contributed by atoms with Gasteiger partial charge in [0.05, 0.1) is 34.7 Å². The van der Waals surface area contributed by atoms with Crippen molar-refractivity contribution < 1.29 is 24.2 Å². The largest absolute Gasteiger partial charge is 0.461 e. The predicted octanol–water partition coefficient (Wildman–Crippen LogP) is 2.96. The third-order valence-corrected chi connectivity index (χ3v) is 10.6. The van der Waals surface area contributed by atoms with Crippen LogP contribution in [0.1, 0.15) is 24.4 Å². The molecule has 3 saturated heterocycles. The van der Waals surface area contributed by atoms with Crippen molar-refractivity contribution in [2.75, 3.05) is 19.8 Å². The fraction of sp³-hybridized carbons (Fsp3) is 0.387. The summed E-state index contributed by atoms with van der Waals surface area (Å²) < 4.78 is 6.27. The van der Waals surface area contributed by atoms with Gasteiger partial charge in [0.15, 0.2) is 0 Å². The van der Waals surface area contributed by atoms with E-state index in [0.29, 0.717) is 23.9 Å². The molecule has 42 heavy (non-hydrogen) atoms. The molecule has 4 heterocycles. The van der Waals surface area contributed by atoms with E-state index >= 15 is 0 Å². The molecule has 3 fully saturated rings. The Morgan fingerprint density at radius 3 is 2.67 bits per heavy atom. The molecular formula is C31H33N5O5S. The number of amides is 2. The van der Waals surface area contributed by atoms with Gasteiger partial charge >= 0.3 is 5.97 Å². The van der Waals surface area contributed by atoms with Crippen molar-refractivity contribution >= 4 is 40.6 Å². The van der Waals surface area contributed by atoms with E-state index in [2.05, 4.69) is 23.5 Å². The number of benzene rings is 2. The highest BCUT2D eigenvalue weighted by Gasteiger charge is 2.75. The molecule has 2 amide bonds. The van der Waals surface area contributed by atoms with Gasteiger partial charge in [-0.15, -0.1) is 23.4 Å². The zero-order valence-electron chi connectivity index (χ0n) is 23.1. The number of rotatable bonds is 11. The average Bonchev–Trinajstić information content (AvgIpc) is 3.76. The number of esters is 1. The number of hydrogen-bond acceptors (Lipinski definition) is 8. The number of hydrogen-bond donors (Lipinski definition) is 1. The fourth-order valence-corrected chi connectivity index (χ4v) is 9.16. The molecule has 6 atom stereocenters. The monoisotopic (exact) mass is 587 g/mol. The van der Waals surface area contributed by atoms with Gasteiger partial charge in [-0.05, 0) is 30.5 Å². The molecule has 3 aromatic rings. The summed E-state index contributed by atoms with van der Waals surface area (Å²) in [5.74, 6) is -2.47. The maximum atomic E-state index is 14.8. The Bertz CT molecular complexity index is 1530. The number of aliphatic hydroxyl groups excluding tert-OH is 1. The zero-order chi connectivity index (χ0) is 29.4. The summed E-state index contributed by atoms with van der Waals surface area (Å²) in [7, 11) is 0. The second-order valence-corrected chi connectivity index (χ2v) is 12.5. The lowest BCUT2D eigenvalue weighted by atomic mass is 9.71. The number of nitrogens with zero attached hydrogens (tertiary/aromatic N) is 5. The van der Waals surface area contributed by atoms with Gasteiger partial charge in [0.1, 0.15) is 24.8 Å². The molecule has 218 valence electrons. The van der Waals surface area contributed by atoms with Crippen molar-refractivity contribution in [3.63, 3.8) is 0 Å². The first-order valence-electron chi connectivity index (χ1n) is 14.1. The predicted molar refractivity (Wildman–Crippen MR) is 158 cm³/mol. The maximum Gasteiger partial charge on any atom is 0.311 e. The van der Waals surface area contributed by atoms with E-state index in [4.69, 9.17) is 4.74 Å². The molecule has 1 spiro atoms. The lowest BCUT2D eigenvalue weighted by Crippen LogP contribution is -2.55. The van der Waals surface area contributed by atoms with Crippen LogP contribution in [0.15, 0.2) is 79.9 Å². The van der Waals surface area contributed by atoms with Crippen molar-refractivity contribution in [2.24, 2.45) is 11.8 Å². The molecular weight excluding hydrogens is 554 g/mol. The van der Waals surface area contributed by atoms with Gasteiger partial charge in [-0.1, -0.05) is 66.4 Å². The van der Waals surface area contributed by atoms with E-state index in [1.807, 2.05) is 54.6 Å². The van der Waals surface area contributed by atoms with Gasteiger partial charge in [0.25, 0.3) is 0 Å². The van der Waals surface area contributed by atoms with E-state index < -0.39 is 34.6 Å². The summed E-state index contributed by atoms with van der Waals surface area (Å²) in [5.41, 5.74) is 2.19. The first-order chi connectivity index (χ1) is 20.4. The standard InChI is InChI=1S/C31H33N5O5S/c1-3-16-34(19-35-22-13-9-8-12-21(22)32-33-35)29(39)27-31-15-14-24(42-31)25(30(40)41-17-4-2)26(31)28(38)36(27)23(18-37)20-10-6-5-7-11-20/h3-13,23-27,37H,1-2,14-19H2/t23-,24-,25+,26+,27?,31?/m1/s1. The van der Waals surface area contributed by atoms with E-state index in [0.717, 1.165) is 5.52 Å². The highest BCUT2D eigenvalue weighted by Crippen LogP contribution is 2.67. The first kappa shape index (κ1) is 28.2. The molecule has 10 nitrogen and oxygen atoms in total. The van der Waals surface area contributed by atoms with Crippen LogP contribution in [-0.4, -0.2) is 83.5 Å².